The maximum absolute atomic E-state index is 13.0. The number of nitrogens with one attached hydrogen (secondary N) is 1. The first kappa shape index (κ1) is 20.1. The predicted octanol–water partition coefficient (Wildman–Crippen LogP) is 1.99. The van der Waals surface area contributed by atoms with E-state index in [1.165, 1.54) is 0 Å². The minimum Gasteiger partial charge on any atom is -0.336 e. The number of para-hydroxylation sites is 2. The number of aromatic nitrogens is 4. The number of imidazole rings is 1. The number of halogens is 2. The van der Waals surface area contributed by atoms with E-state index in [-0.39, 0.29) is 36.8 Å². The molecule has 4 rings (SSSR count). The van der Waals surface area contributed by atoms with Crippen molar-refractivity contribution < 1.29 is 4.79 Å². The number of rotatable bonds is 2. The second-order valence-corrected chi connectivity index (χ2v) is 5.86. The molecule has 26 heavy (non-hydrogen) atoms. The first-order chi connectivity index (χ1) is 11.7. The summed E-state index contributed by atoms with van der Waals surface area (Å²) in [6, 6.07) is 7.45. The Morgan fingerprint density at radius 2 is 1.96 bits per heavy atom. The van der Waals surface area contributed by atoms with Gasteiger partial charge in [-0.1, -0.05) is 12.1 Å². The molecule has 1 aliphatic heterocycles. The van der Waals surface area contributed by atoms with Crippen LogP contribution in [0.1, 0.15) is 22.4 Å². The molecular weight excluding hydrogens is 375 g/mol. The van der Waals surface area contributed by atoms with E-state index >= 15 is 0 Å². The predicted molar refractivity (Wildman–Crippen MR) is 104 cm³/mol. The van der Waals surface area contributed by atoms with Gasteiger partial charge >= 0.3 is 0 Å². The third-order valence-electron chi connectivity index (χ3n) is 4.33. The Morgan fingerprint density at radius 3 is 2.69 bits per heavy atom. The largest absolute Gasteiger partial charge is 0.336 e. The summed E-state index contributed by atoms with van der Waals surface area (Å²) in [5.41, 5.74) is 1.89. The molecule has 1 saturated heterocycles. The Morgan fingerprint density at radius 1 is 1.19 bits per heavy atom. The molecule has 9 heteroatoms. The van der Waals surface area contributed by atoms with Gasteiger partial charge in [0.2, 0.25) is 0 Å². The zero-order valence-electron chi connectivity index (χ0n) is 14.2. The van der Waals surface area contributed by atoms with Crippen molar-refractivity contribution in [3.63, 3.8) is 0 Å². The van der Waals surface area contributed by atoms with E-state index in [0.717, 1.165) is 23.4 Å². The van der Waals surface area contributed by atoms with E-state index in [1.807, 2.05) is 47.0 Å². The molecule has 138 valence electrons. The monoisotopic (exact) mass is 394 g/mol. The van der Waals surface area contributed by atoms with Gasteiger partial charge in [-0.3, -0.25) is 9.78 Å². The van der Waals surface area contributed by atoms with Crippen molar-refractivity contribution in [1.82, 2.24) is 29.7 Å². The van der Waals surface area contributed by atoms with Crippen LogP contribution in [0.15, 0.2) is 42.9 Å². The smallest absolute Gasteiger partial charge is 0.274 e. The van der Waals surface area contributed by atoms with E-state index in [4.69, 9.17) is 0 Å². The lowest BCUT2D eigenvalue weighted by Gasteiger charge is -2.35. The third kappa shape index (κ3) is 3.65. The molecule has 1 amide bonds. The highest BCUT2D eigenvalue weighted by Gasteiger charge is 2.31. The van der Waals surface area contributed by atoms with Crippen LogP contribution in [0.2, 0.25) is 0 Å². The molecular formula is C17H20Cl2N6O. The van der Waals surface area contributed by atoms with Gasteiger partial charge in [0.1, 0.15) is 17.6 Å². The normalized spacial score (nSPS) is 16.7. The van der Waals surface area contributed by atoms with Gasteiger partial charge in [0.05, 0.1) is 17.2 Å². The van der Waals surface area contributed by atoms with Crippen LogP contribution in [0.25, 0.3) is 11.0 Å². The van der Waals surface area contributed by atoms with Gasteiger partial charge in [-0.15, -0.1) is 24.8 Å². The summed E-state index contributed by atoms with van der Waals surface area (Å²) < 4.78 is 1.95. The molecule has 0 spiro atoms. The third-order valence-corrected chi connectivity index (χ3v) is 4.33. The summed E-state index contributed by atoms with van der Waals surface area (Å²) in [6.45, 7) is 2.05. The van der Waals surface area contributed by atoms with E-state index in [9.17, 15) is 4.79 Å². The molecule has 3 heterocycles. The molecule has 1 fully saturated rings. The number of piperazine rings is 1. The molecule has 1 atom stereocenters. The fraction of sp³-hybridized carbons (Fsp3) is 0.294. The van der Waals surface area contributed by atoms with Crippen molar-refractivity contribution >= 4 is 41.8 Å². The van der Waals surface area contributed by atoms with Crippen LogP contribution < -0.4 is 5.32 Å². The first-order valence-corrected chi connectivity index (χ1v) is 7.95. The zero-order chi connectivity index (χ0) is 16.5. The number of hydrogen-bond acceptors (Lipinski definition) is 5. The topological polar surface area (TPSA) is 75.9 Å². The Hall–Kier alpha value is -2.22. The van der Waals surface area contributed by atoms with Crippen LogP contribution in [-0.4, -0.2) is 50.0 Å². The highest BCUT2D eigenvalue weighted by atomic mass is 35.5. The minimum atomic E-state index is -0.112. The van der Waals surface area contributed by atoms with Crippen LogP contribution in [-0.2, 0) is 7.05 Å². The second-order valence-electron chi connectivity index (χ2n) is 5.86. The summed E-state index contributed by atoms with van der Waals surface area (Å²) >= 11 is 0. The molecule has 2 aromatic heterocycles. The van der Waals surface area contributed by atoms with E-state index in [0.29, 0.717) is 18.8 Å². The average molecular weight is 395 g/mol. The number of aryl methyl sites for hydroxylation is 1. The summed E-state index contributed by atoms with van der Waals surface area (Å²) in [4.78, 5) is 28.1. The van der Waals surface area contributed by atoms with Gasteiger partial charge in [-0.05, 0) is 12.1 Å². The molecule has 3 aromatic rings. The minimum absolute atomic E-state index is 0. The second kappa shape index (κ2) is 8.44. The van der Waals surface area contributed by atoms with Crippen molar-refractivity contribution in [2.24, 2.45) is 7.05 Å². The number of nitrogens with zero attached hydrogens (tertiary/aromatic N) is 5. The molecule has 0 radical (unpaired) electrons. The Bertz CT molecular complexity index is 900. The van der Waals surface area contributed by atoms with Crippen molar-refractivity contribution in [3.8, 4) is 0 Å². The van der Waals surface area contributed by atoms with Crippen LogP contribution in [0.5, 0.6) is 0 Å². The lowest BCUT2D eigenvalue weighted by molar-refractivity contribution is 0.0614. The molecule has 0 aliphatic carbocycles. The number of benzene rings is 1. The lowest BCUT2D eigenvalue weighted by Crippen LogP contribution is -2.49. The van der Waals surface area contributed by atoms with Crippen LogP contribution in [0, 0.1) is 0 Å². The van der Waals surface area contributed by atoms with Gasteiger partial charge in [-0.25, -0.2) is 9.97 Å². The Kier molecular flexibility index (Phi) is 6.52. The van der Waals surface area contributed by atoms with Crippen LogP contribution >= 0.6 is 24.8 Å². The highest BCUT2D eigenvalue weighted by Crippen LogP contribution is 2.22. The maximum Gasteiger partial charge on any atom is 0.274 e. The molecule has 1 aliphatic rings. The average Bonchev–Trinajstić information content (AvgIpc) is 3.06. The van der Waals surface area contributed by atoms with Crippen molar-refractivity contribution in [1.29, 1.82) is 0 Å². The SMILES string of the molecule is Cl.Cl.Cn1ccnc1C1CNCCN1C(=O)c1cnc2ccccc2n1. The van der Waals surface area contributed by atoms with E-state index < -0.39 is 0 Å². The van der Waals surface area contributed by atoms with Gasteiger partial charge in [0.15, 0.2) is 0 Å². The van der Waals surface area contributed by atoms with Crippen molar-refractivity contribution in [2.45, 2.75) is 6.04 Å². The van der Waals surface area contributed by atoms with Crippen molar-refractivity contribution in [3.05, 3.63) is 54.4 Å². The van der Waals surface area contributed by atoms with E-state index in [1.54, 1.807) is 12.4 Å². The molecule has 1 N–H and O–H groups in total. The van der Waals surface area contributed by atoms with Gasteiger partial charge in [-0.2, -0.15) is 0 Å². The maximum atomic E-state index is 13.0. The highest BCUT2D eigenvalue weighted by molar-refractivity contribution is 5.94. The zero-order valence-corrected chi connectivity index (χ0v) is 15.8. The number of fused-ring (bicyclic) bond motifs is 1. The molecule has 0 saturated carbocycles. The molecule has 1 aromatic carbocycles. The van der Waals surface area contributed by atoms with Crippen LogP contribution in [0.3, 0.4) is 0 Å². The fourth-order valence-corrected chi connectivity index (χ4v) is 3.08. The molecule has 0 bridgehead atoms. The summed E-state index contributed by atoms with van der Waals surface area (Å²) in [5.74, 6) is 0.757. The number of hydrogen-bond donors (Lipinski definition) is 1. The Balaban J connectivity index is 0.00000121. The Labute approximate surface area is 163 Å². The van der Waals surface area contributed by atoms with Crippen molar-refractivity contribution in [2.75, 3.05) is 19.6 Å². The molecule has 7 nitrogen and oxygen atoms in total. The van der Waals surface area contributed by atoms with Crippen LogP contribution in [0.4, 0.5) is 0 Å². The standard InChI is InChI=1S/C17H18N6O.2ClH/c1-22-8-7-19-16(22)15-11-18-6-9-23(15)17(24)14-10-20-12-4-2-3-5-13(12)21-14;;/h2-5,7-8,10,15,18H,6,9,11H2,1H3;2*1H. The van der Waals surface area contributed by atoms with Gasteiger partial charge in [0, 0.05) is 39.1 Å². The fourth-order valence-electron chi connectivity index (χ4n) is 3.08. The number of carbonyl (C=O) groups is 1. The number of amides is 1. The van der Waals surface area contributed by atoms with E-state index in [2.05, 4.69) is 20.3 Å². The lowest BCUT2D eigenvalue weighted by atomic mass is 10.1. The van der Waals surface area contributed by atoms with Gasteiger partial charge in [0.25, 0.3) is 5.91 Å². The quantitative estimate of drug-likeness (QED) is 0.719. The summed E-state index contributed by atoms with van der Waals surface area (Å²) in [5, 5.41) is 3.33. The summed E-state index contributed by atoms with van der Waals surface area (Å²) in [6.07, 6.45) is 5.20. The number of carbonyl (C=O) groups excluding carboxylic acids is 1. The first-order valence-electron chi connectivity index (χ1n) is 7.95. The van der Waals surface area contributed by atoms with Gasteiger partial charge < -0.3 is 14.8 Å². The summed E-state index contributed by atoms with van der Waals surface area (Å²) in [7, 11) is 1.94. The molecule has 1 unspecified atom stereocenters.